The Morgan fingerprint density at radius 2 is 1.95 bits per heavy atom. The predicted molar refractivity (Wildman–Crippen MR) is 60.1 cm³/mol. The van der Waals surface area contributed by atoms with Crippen molar-refractivity contribution in [2.24, 2.45) is 0 Å². The van der Waals surface area contributed by atoms with Crippen LogP contribution in [0.3, 0.4) is 0 Å². The van der Waals surface area contributed by atoms with Crippen LogP contribution in [0.15, 0.2) is 16.7 Å². The summed E-state index contributed by atoms with van der Waals surface area (Å²) in [6.45, 7) is 1.36. The van der Waals surface area contributed by atoms with Crippen LogP contribution in [-0.4, -0.2) is 23.3 Å². The molecule has 0 atom stereocenters. The molecule has 100 valence electrons. The first-order chi connectivity index (χ1) is 8.95. The van der Waals surface area contributed by atoms with E-state index < -0.39 is 23.2 Å². The summed E-state index contributed by atoms with van der Waals surface area (Å²) in [5.41, 5.74) is -0.807. The second-order valence-electron chi connectivity index (χ2n) is 3.76. The number of benzene rings is 1. The van der Waals surface area contributed by atoms with Crippen molar-refractivity contribution in [2.45, 2.75) is 6.92 Å². The van der Waals surface area contributed by atoms with Crippen molar-refractivity contribution >= 4 is 5.97 Å². The van der Waals surface area contributed by atoms with Gasteiger partial charge in [-0.2, -0.15) is 0 Å². The van der Waals surface area contributed by atoms with Crippen molar-refractivity contribution in [3.05, 3.63) is 35.0 Å². The number of nitrogens with zero attached hydrogens (tertiary/aromatic N) is 1. The quantitative estimate of drug-likeness (QED) is 0.927. The van der Waals surface area contributed by atoms with E-state index in [-0.39, 0.29) is 22.8 Å². The normalized spacial score (nSPS) is 10.5. The Bertz CT molecular complexity index is 628. The molecule has 5 nitrogen and oxygen atoms in total. The van der Waals surface area contributed by atoms with Gasteiger partial charge in [0.15, 0.2) is 11.5 Å². The van der Waals surface area contributed by atoms with Gasteiger partial charge >= 0.3 is 5.97 Å². The van der Waals surface area contributed by atoms with Gasteiger partial charge in [-0.05, 0) is 6.92 Å². The Labute approximate surface area is 106 Å². The van der Waals surface area contributed by atoms with Gasteiger partial charge in [0.1, 0.15) is 17.4 Å². The van der Waals surface area contributed by atoms with Gasteiger partial charge in [0.05, 0.1) is 12.7 Å². The molecule has 1 aromatic heterocycles. The average molecular weight is 269 g/mol. The van der Waals surface area contributed by atoms with E-state index in [2.05, 4.69) is 5.16 Å². The molecular formula is C12H9F2NO4. The van der Waals surface area contributed by atoms with Crippen molar-refractivity contribution in [1.29, 1.82) is 0 Å². The zero-order valence-electron chi connectivity index (χ0n) is 10.0. The van der Waals surface area contributed by atoms with Crippen LogP contribution in [0.5, 0.6) is 5.75 Å². The van der Waals surface area contributed by atoms with Crippen molar-refractivity contribution < 1.29 is 27.9 Å². The lowest BCUT2D eigenvalue weighted by molar-refractivity contribution is 0.0685. The van der Waals surface area contributed by atoms with Gasteiger partial charge in [0.2, 0.25) is 0 Å². The maximum Gasteiger partial charge on any atom is 0.358 e. The van der Waals surface area contributed by atoms with E-state index in [4.69, 9.17) is 14.4 Å². The summed E-state index contributed by atoms with van der Waals surface area (Å²) in [4.78, 5) is 10.8. The fourth-order valence-electron chi connectivity index (χ4n) is 1.65. The molecule has 0 saturated heterocycles. The van der Waals surface area contributed by atoms with Gasteiger partial charge in [-0.3, -0.25) is 0 Å². The minimum Gasteiger partial charge on any atom is -0.497 e. The minimum absolute atomic E-state index is 0.00868. The van der Waals surface area contributed by atoms with Crippen molar-refractivity contribution in [2.75, 3.05) is 7.11 Å². The Morgan fingerprint density at radius 1 is 1.37 bits per heavy atom. The zero-order valence-corrected chi connectivity index (χ0v) is 10.0. The molecule has 1 N–H and O–H groups in total. The number of hydrogen-bond donors (Lipinski definition) is 1. The molecule has 0 amide bonds. The first-order valence-electron chi connectivity index (χ1n) is 5.18. The molecule has 2 rings (SSSR count). The van der Waals surface area contributed by atoms with Crippen molar-refractivity contribution in [3.63, 3.8) is 0 Å². The van der Waals surface area contributed by atoms with E-state index in [0.717, 1.165) is 12.1 Å². The Balaban J connectivity index is 2.63. The Kier molecular flexibility index (Phi) is 3.20. The minimum atomic E-state index is -1.33. The summed E-state index contributed by atoms with van der Waals surface area (Å²) >= 11 is 0. The van der Waals surface area contributed by atoms with Crippen LogP contribution in [0.1, 0.15) is 16.1 Å². The number of aromatic nitrogens is 1. The molecule has 0 aliphatic rings. The number of halogens is 2. The summed E-state index contributed by atoms with van der Waals surface area (Å²) in [6, 6.07) is 1.95. The molecule has 0 aliphatic heterocycles. The molecule has 2 aromatic rings. The molecule has 0 radical (unpaired) electrons. The molecule has 19 heavy (non-hydrogen) atoms. The maximum atomic E-state index is 13.8. The smallest absolute Gasteiger partial charge is 0.358 e. The van der Waals surface area contributed by atoms with Crippen LogP contribution in [0, 0.1) is 18.6 Å². The third-order valence-electron chi connectivity index (χ3n) is 2.60. The lowest BCUT2D eigenvalue weighted by atomic mass is 10.1. The zero-order chi connectivity index (χ0) is 14.2. The summed E-state index contributed by atoms with van der Waals surface area (Å²) in [5, 5.41) is 12.1. The molecule has 0 bridgehead atoms. The number of carbonyl (C=O) groups is 1. The number of carboxylic acid groups (broad SMARTS) is 1. The highest BCUT2D eigenvalue weighted by Gasteiger charge is 2.24. The molecule has 0 aliphatic carbocycles. The van der Waals surface area contributed by atoms with Crippen LogP contribution in [0.25, 0.3) is 11.3 Å². The van der Waals surface area contributed by atoms with E-state index in [1.54, 1.807) is 0 Å². The van der Waals surface area contributed by atoms with Gasteiger partial charge in [-0.1, -0.05) is 5.16 Å². The van der Waals surface area contributed by atoms with Gasteiger partial charge in [-0.25, -0.2) is 13.6 Å². The number of ether oxygens (including phenoxy) is 1. The summed E-state index contributed by atoms with van der Waals surface area (Å²) < 4.78 is 37.1. The van der Waals surface area contributed by atoms with E-state index >= 15 is 0 Å². The van der Waals surface area contributed by atoms with Crippen LogP contribution in [-0.2, 0) is 0 Å². The Morgan fingerprint density at radius 3 is 2.37 bits per heavy atom. The third-order valence-corrected chi connectivity index (χ3v) is 2.60. The lowest BCUT2D eigenvalue weighted by Gasteiger charge is -2.05. The van der Waals surface area contributed by atoms with E-state index in [1.165, 1.54) is 14.0 Å². The van der Waals surface area contributed by atoms with Crippen molar-refractivity contribution in [1.82, 2.24) is 5.16 Å². The second kappa shape index (κ2) is 4.68. The van der Waals surface area contributed by atoms with Crippen molar-refractivity contribution in [3.8, 4) is 17.1 Å². The topological polar surface area (TPSA) is 72.6 Å². The first kappa shape index (κ1) is 13.0. The van der Waals surface area contributed by atoms with Gasteiger partial charge in [0, 0.05) is 17.7 Å². The number of carboxylic acids is 1. The average Bonchev–Trinajstić information content (AvgIpc) is 2.70. The molecule has 0 fully saturated rings. The van der Waals surface area contributed by atoms with E-state index in [9.17, 15) is 13.6 Å². The number of rotatable bonds is 3. The highest BCUT2D eigenvalue weighted by molar-refractivity contribution is 5.89. The number of hydrogen-bond acceptors (Lipinski definition) is 4. The molecule has 0 unspecified atom stereocenters. The molecule has 0 saturated carbocycles. The molecule has 0 spiro atoms. The predicted octanol–water partition coefficient (Wildman–Crippen LogP) is 2.64. The van der Waals surface area contributed by atoms with Crippen LogP contribution < -0.4 is 4.74 Å². The molecule has 1 aromatic carbocycles. The fraction of sp³-hybridized carbons (Fsp3) is 0.167. The van der Waals surface area contributed by atoms with Gasteiger partial charge in [0.25, 0.3) is 0 Å². The highest BCUT2D eigenvalue weighted by atomic mass is 19.1. The van der Waals surface area contributed by atoms with Crippen LogP contribution >= 0.6 is 0 Å². The maximum absolute atomic E-state index is 13.8. The second-order valence-corrected chi connectivity index (χ2v) is 3.76. The third kappa shape index (κ3) is 2.14. The molecule has 1 heterocycles. The van der Waals surface area contributed by atoms with Crippen LogP contribution in [0.2, 0.25) is 0 Å². The van der Waals surface area contributed by atoms with E-state index in [0.29, 0.717) is 0 Å². The summed E-state index contributed by atoms with van der Waals surface area (Å²) in [5.74, 6) is -3.42. The van der Waals surface area contributed by atoms with Gasteiger partial charge in [-0.15, -0.1) is 0 Å². The monoisotopic (exact) mass is 269 g/mol. The standard InChI is InChI=1S/C12H9F2NO4/c1-5-10(12(16)17)15-19-11(5)9-7(13)3-6(18-2)4-8(9)14/h3-4H,1-2H3,(H,16,17). The molecular weight excluding hydrogens is 260 g/mol. The first-order valence-corrected chi connectivity index (χ1v) is 5.18. The highest BCUT2D eigenvalue weighted by Crippen LogP contribution is 2.32. The van der Waals surface area contributed by atoms with E-state index in [1.807, 2.05) is 0 Å². The summed E-state index contributed by atoms with van der Waals surface area (Å²) in [7, 11) is 1.27. The Hall–Kier alpha value is -2.44. The fourth-order valence-corrected chi connectivity index (χ4v) is 1.65. The molecule has 7 heteroatoms. The number of methoxy groups -OCH3 is 1. The van der Waals surface area contributed by atoms with Crippen LogP contribution in [0.4, 0.5) is 8.78 Å². The largest absolute Gasteiger partial charge is 0.497 e. The lowest BCUT2D eigenvalue weighted by Crippen LogP contribution is -1.99. The number of aromatic carboxylic acids is 1. The SMILES string of the molecule is COc1cc(F)c(-c2onc(C(=O)O)c2C)c(F)c1. The van der Waals surface area contributed by atoms with Gasteiger partial charge < -0.3 is 14.4 Å². The summed E-state index contributed by atoms with van der Waals surface area (Å²) in [6.07, 6.45) is 0.